The predicted octanol–water partition coefficient (Wildman–Crippen LogP) is 9.90. The van der Waals surface area contributed by atoms with Gasteiger partial charge in [-0.2, -0.15) is 0 Å². The lowest BCUT2D eigenvalue weighted by atomic mass is 9.66. The van der Waals surface area contributed by atoms with E-state index in [0.29, 0.717) is 25.0 Å². The number of esters is 2. The zero-order valence-electron chi connectivity index (χ0n) is 38.2. The molecule has 4 aromatic rings. The molecular formula is C55H66O10. The molecule has 3 aliphatic carbocycles. The molecule has 2 fully saturated rings. The smallest absolute Gasteiger partial charge is 0.333 e. The van der Waals surface area contributed by atoms with E-state index in [1.807, 2.05) is 0 Å². The summed E-state index contributed by atoms with van der Waals surface area (Å²) in [4.78, 5) is 23.5. The van der Waals surface area contributed by atoms with Crippen molar-refractivity contribution < 1.29 is 48.2 Å². The third-order valence-electron chi connectivity index (χ3n) is 13.0. The van der Waals surface area contributed by atoms with Gasteiger partial charge < -0.3 is 38.6 Å². The fourth-order valence-electron chi connectivity index (χ4n) is 9.86. The molecule has 10 heteroatoms. The van der Waals surface area contributed by atoms with Crippen LogP contribution in [-0.4, -0.2) is 87.2 Å². The van der Waals surface area contributed by atoms with E-state index in [1.54, 1.807) is 13.8 Å². The van der Waals surface area contributed by atoms with Gasteiger partial charge in [-0.15, -0.1) is 0 Å². The van der Waals surface area contributed by atoms with Gasteiger partial charge in [0.05, 0.1) is 31.8 Å². The number of fused-ring (bicyclic) bond motifs is 3. The van der Waals surface area contributed by atoms with Gasteiger partial charge in [0.15, 0.2) is 0 Å². The van der Waals surface area contributed by atoms with Crippen LogP contribution in [0.2, 0.25) is 0 Å². The minimum absolute atomic E-state index is 0.0174. The van der Waals surface area contributed by atoms with Gasteiger partial charge in [-0.05, 0) is 108 Å². The van der Waals surface area contributed by atoms with Crippen LogP contribution in [0.3, 0.4) is 0 Å². The highest BCUT2D eigenvalue weighted by atomic mass is 16.6. The molecule has 7 rings (SSSR count). The van der Waals surface area contributed by atoms with Crippen molar-refractivity contribution in [2.24, 2.45) is 0 Å². The standard InChI is InChI=1S/C55H66O10/c1-37(2)53(58)64-35-43(56)33-60-27-29-62-51-25-23-41(31-47(51)39-15-7-5-8-16-39)55(49-21-13-11-19-45(49)46-20-12-14-22-50(46)55)42-24-26-52(48(32-42)40-17-9-6-10-18-40)63-30-28-61-34-44(57)36-65-54(59)38(3)4/h11-14,19-26,31-32,39-40,43-44,56-57H,1,3,5-10,15-18,27-30,33-36H2,2,4H3. The van der Waals surface area contributed by atoms with Gasteiger partial charge >= 0.3 is 11.9 Å². The lowest BCUT2D eigenvalue weighted by Gasteiger charge is -2.36. The fraction of sp³-hybridized carbons (Fsp3) is 0.455. The summed E-state index contributed by atoms with van der Waals surface area (Å²) in [6, 6.07) is 31.3. The molecule has 2 saturated carbocycles. The van der Waals surface area contributed by atoms with E-state index in [4.69, 9.17) is 28.4 Å². The second-order valence-corrected chi connectivity index (χ2v) is 17.9. The highest BCUT2D eigenvalue weighted by Gasteiger charge is 2.47. The summed E-state index contributed by atoms with van der Waals surface area (Å²) in [5.74, 6) is 1.31. The van der Waals surface area contributed by atoms with Crippen molar-refractivity contribution in [2.75, 3.05) is 52.9 Å². The molecule has 0 aliphatic heterocycles. The maximum absolute atomic E-state index is 11.8. The van der Waals surface area contributed by atoms with Crippen molar-refractivity contribution in [1.82, 2.24) is 0 Å². The third kappa shape index (κ3) is 11.4. The van der Waals surface area contributed by atoms with E-state index in [2.05, 4.69) is 98.1 Å². The number of hydrogen-bond acceptors (Lipinski definition) is 10. The normalized spacial score (nSPS) is 16.7. The Labute approximate surface area is 384 Å². The molecule has 2 N–H and O–H groups in total. The van der Waals surface area contributed by atoms with Crippen molar-refractivity contribution >= 4 is 11.9 Å². The second kappa shape index (κ2) is 22.8. The van der Waals surface area contributed by atoms with E-state index in [-0.39, 0.29) is 50.8 Å². The van der Waals surface area contributed by atoms with Gasteiger partial charge in [0.1, 0.15) is 50.1 Å². The summed E-state index contributed by atoms with van der Waals surface area (Å²) in [6.45, 7) is 11.1. The van der Waals surface area contributed by atoms with Crippen LogP contribution in [0, 0.1) is 0 Å². The van der Waals surface area contributed by atoms with E-state index < -0.39 is 29.6 Å². The van der Waals surface area contributed by atoms with Crippen LogP contribution in [0.4, 0.5) is 0 Å². The molecule has 0 spiro atoms. The van der Waals surface area contributed by atoms with Crippen LogP contribution >= 0.6 is 0 Å². The summed E-state index contributed by atoms with van der Waals surface area (Å²) in [6.07, 6.45) is 9.62. The largest absolute Gasteiger partial charge is 0.491 e. The Kier molecular flexibility index (Phi) is 16.7. The number of ether oxygens (including phenoxy) is 6. The van der Waals surface area contributed by atoms with Crippen LogP contribution in [0.15, 0.2) is 109 Å². The molecule has 2 unspecified atom stereocenters. The van der Waals surface area contributed by atoms with Gasteiger partial charge in [-0.3, -0.25) is 0 Å². The fourth-order valence-corrected chi connectivity index (χ4v) is 9.86. The van der Waals surface area contributed by atoms with E-state index in [1.165, 1.54) is 83.0 Å². The molecule has 65 heavy (non-hydrogen) atoms. The highest BCUT2D eigenvalue weighted by molar-refractivity contribution is 5.88. The molecule has 2 atom stereocenters. The molecular weight excluding hydrogens is 821 g/mol. The maximum atomic E-state index is 11.8. The first-order chi connectivity index (χ1) is 31.6. The van der Waals surface area contributed by atoms with Gasteiger partial charge in [0, 0.05) is 11.1 Å². The third-order valence-corrected chi connectivity index (χ3v) is 13.0. The van der Waals surface area contributed by atoms with Crippen molar-refractivity contribution in [2.45, 2.75) is 108 Å². The quantitative estimate of drug-likeness (QED) is 0.0394. The Morgan fingerprint density at radius 2 is 0.969 bits per heavy atom. The minimum atomic E-state index is -0.949. The molecule has 0 heterocycles. The highest BCUT2D eigenvalue weighted by Crippen LogP contribution is 2.57. The monoisotopic (exact) mass is 886 g/mol. The number of rotatable bonds is 22. The van der Waals surface area contributed by atoms with Gasteiger partial charge in [-0.1, -0.05) is 124 Å². The molecule has 0 radical (unpaired) electrons. The van der Waals surface area contributed by atoms with Gasteiger partial charge in [0.2, 0.25) is 0 Å². The zero-order chi connectivity index (χ0) is 45.8. The Morgan fingerprint density at radius 1 is 0.569 bits per heavy atom. The van der Waals surface area contributed by atoms with Crippen molar-refractivity contribution in [3.8, 4) is 22.6 Å². The van der Waals surface area contributed by atoms with Crippen LogP contribution in [0.5, 0.6) is 11.5 Å². The molecule has 3 aliphatic rings. The summed E-state index contributed by atoms with van der Waals surface area (Å²) in [5.41, 5.74) is 9.68. The summed E-state index contributed by atoms with van der Waals surface area (Å²) in [7, 11) is 0. The van der Waals surface area contributed by atoms with E-state index in [0.717, 1.165) is 37.2 Å². The second-order valence-electron chi connectivity index (χ2n) is 17.9. The summed E-state index contributed by atoms with van der Waals surface area (Å²) < 4.78 is 34.7. The summed E-state index contributed by atoms with van der Waals surface area (Å²) >= 11 is 0. The molecule has 346 valence electrons. The maximum Gasteiger partial charge on any atom is 0.333 e. The number of aliphatic hydroxyl groups is 2. The molecule has 10 nitrogen and oxygen atoms in total. The van der Waals surface area contributed by atoms with Crippen molar-refractivity contribution in [3.63, 3.8) is 0 Å². The van der Waals surface area contributed by atoms with Crippen molar-refractivity contribution in [1.29, 1.82) is 0 Å². The first-order valence-electron chi connectivity index (χ1n) is 23.5. The lowest BCUT2D eigenvalue weighted by Crippen LogP contribution is -2.29. The number of carbonyl (C=O) groups is 2. The number of benzene rings is 4. The molecule has 0 saturated heterocycles. The first-order valence-corrected chi connectivity index (χ1v) is 23.5. The van der Waals surface area contributed by atoms with Gasteiger partial charge in [-0.25, -0.2) is 9.59 Å². The van der Waals surface area contributed by atoms with Crippen LogP contribution < -0.4 is 9.47 Å². The molecule has 0 bridgehead atoms. The average molecular weight is 887 g/mol. The predicted molar refractivity (Wildman–Crippen MR) is 252 cm³/mol. The van der Waals surface area contributed by atoms with Crippen LogP contribution in [0.25, 0.3) is 11.1 Å². The topological polar surface area (TPSA) is 130 Å². The molecule has 4 aromatic carbocycles. The number of carbonyl (C=O) groups excluding carboxylic acids is 2. The van der Waals surface area contributed by atoms with E-state index in [9.17, 15) is 19.8 Å². The molecule has 0 amide bonds. The Hall–Kier alpha value is -5.26. The van der Waals surface area contributed by atoms with Crippen LogP contribution in [0.1, 0.15) is 123 Å². The van der Waals surface area contributed by atoms with E-state index >= 15 is 0 Å². The molecule has 0 aromatic heterocycles. The van der Waals surface area contributed by atoms with Crippen molar-refractivity contribution in [3.05, 3.63) is 143 Å². The zero-order valence-corrected chi connectivity index (χ0v) is 38.2. The van der Waals surface area contributed by atoms with Gasteiger partial charge in [0.25, 0.3) is 0 Å². The SMILES string of the molecule is C=C(C)C(=O)OCC(O)COCCOc1ccc(C2(c3ccc(OCCOCC(O)COC(=O)C(=C)C)c(C4CCCCC4)c3)c3ccccc3-c3ccccc32)cc1C1CCCCC1. The Balaban J connectivity index is 1.19. The number of aliphatic hydroxyl groups excluding tert-OH is 2. The first kappa shape index (κ1) is 47.7. The lowest BCUT2D eigenvalue weighted by molar-refractivity contribution is -0.143. The average Bonchev–Trinajstić information content (AvgIpc) is 3.63. The Bertz CT molecular complexity index is 2110. The summed E-state index contributed by atoms with van der Waals surface area (Å²) in [5, 5.41) is 20.6. The number of hydrogen-bond donors (Lipinski definition) is 2. The minimum Gasteiger partial charge on any atom is -0.491 e. The Morgan fingerprint density at radius 3 is 1.37 bits per heavy atom. The van der Waals surface area contributed by atoms with Crippen LogP contribution in [-0.2, 0) is 34.0 Å².